The number of hydrogen-bond acceptors (Lipinski definition) is 6. The molecule has 1 aliphatic heterocycles. The predicted octanol–water partition coefficient (Wildman–Crippen LogP) is 5.27. The van der Waals surface area contributed by atoms with Crippen molar-refractivity contribution in [1.82, 2.24) is 0 Å². The first-order chi connectivity index (χ1) is 18.0. The van der Waals surface area contributed by atoms with Gasteiger partial charge in [-0.1, -0.05) is 71.0 Å². The maximum atomic E-state index is 14.8. The zero-order valence-corrected chi connectivity index (χ0v) is 24.6. The Kier molecular flexibility index (Phi) is 6.07. The van der Waals surface area contributed by atoms with Crippen molar-refractivity contribution in [2.45, 2.75) is 97.6 Å². The molecule has 8 atom stereocenters. The van der Waals surface area contributed by atoms with Crippen LogP contribution in [0.4, 0.5) is 0 Å². The summed E-state index contributed by atoms with van der Waals surface area (Å²) in [4.78, 5) is 28.2. The number of hydrogen-bond donors (Lipinski definition) is 2. The van der Waals surface area contributed by atoms with Crippen molar-refractivity contribution in [3.05, 3.63) is 53.6 Å². The van der Waals surface area contributed by atoms with Crippen LogP contribution in [-0.2, 0) is 19.1 Å². The summed E-state index contributed by atoms with van der Waals surface area (Å²) < 4.78 is 12.8. The van der Waals surface area contributed by atoms with Crippen LogP contribution in [0.1, 0.15) is 80.2 Å². The molecule has 3 aliphatic carbocycles. The number of fused-ring (bicyclic) bond motifs is 4. The molecule has 2 saturated carbocycles. The maximum absolute atomic E-state index is 14.8. The number of epoxide rings is 1. The first-order valence-electron chi connectivity index (χ1n) is 14.2. The van der Waals surface area contributed by atoms with Crippen LogP contribution in [0.3, 0.4) is 0 Å². The zero-order chi connectivity index (χ0) is 28.9. The van der Waals surface area contributed by atoms with Gasteiger partial charge in [-0.3, -0.25) is 4.79 Å². The van der Waals surface area contributed by atoms with Crippen LogP contribution in [0.5, 0.6) is 0 Å². The summed E-state index contributed by atoms with van der Waals surface area (Å²) in [5.74, 6) is -1.44. The molecule has 0 aromatic heterocycles. The van der Waals surface area contributed by atoms with Gasteiger partial charge in [-0.25, -0.2) is 4.79 Å². The first kappa shape index (κ1) is 28.3. The average Bonchev–Trinajstić information content (AvgIpc) is 3.54. The minimum atomic E-state index is -1.72. The molecule has 4 aliphatic rings. The predicted molar refractivity (Wildman–Crippen MR) is 149 cm³/mol. The van der Waals surface area contributed by atoms with Crippen LogP contribution in [0, 0.1) is 27.6 Å². The van der Waals surface area contributed by atoms with Gasteiger partial charge in [-0.15, -0.1) is 0 Å². The molecule has 1 aromatic carbocycles. The molecule has 1 aromatic rings. The number of aliphatic hydroxyl groups is 2. The van der Waals surface area contributed by atoms with Crippen LogP contribution >= 0.6 is 0 Å². The highest BCUT2D eigenvalue weighted by Gasteiger charge is 2.85. The van der Waals surface area contributed by atoms with Gasteiger partial charge in [-0.2, -0.15) is 0 Å². The largest absolute Gasteiger partial charge is 0.447 e. The molecule has 1 saturated heterocycles. The van der Waals surface area contributed by atoms with Gasteiger partial charge in [0.25, 0.3) is 0 Å². The second-order valence-corrected chi connectivity index (χ2v) is 14.0. The molecular weight excluding hydrogens is 492 g/mol. The Bertz CT molecular complexity index is 1270. The molecule has 0 radical (unpaired) electrons. The summed E-state index contributed by atoms with van der Waals surface area (Å²) in [6, 6.07) is 9.39. The maximum Gasteiger partial charge on any atom is 0.331 e. The van der Waals surface area contributed by atoms with Crippen molar-refractivity contribution in [3.8, 4) is 0 Å². The smallest absolute Gasteiger partial charge is 0.331 e. The number of ether oxygens (including phenoxy) is 2. The van der Waals surface area contributed by atoms with E-state index in [0.29, 0.717) is 0 Å². The fourth-order valence-electron chi connectivity index (χ4n) is 8.76. The highest BCUT2D eigenvalue weighted by Crippen LogP contribution is 2.82. The van der Waals surface area contributed by atoms with Gasteiger partial charge in [-0.05, 0) is 67.4 Å². The third-order valence-electron chi connectivity index (χ3n) is 12.6. The molecule has 2 N–H and O–H groups in total. The summed E-state index contributed by atoms with van der Waals surface area (Å²) in [7, 11) is 0. The molecule has 6 nitrogen and oxygen atoms in total. The van der Waals surface area contributed by atoms with Gasteiger partial charge in [0.2, 0.25) is 5.78 Å². The fraction of sp³-hybridized carbons (Fsp3) is 0.636. The van der Waals surface area contributed by atoms with E-state index < -0.39 is 46.7 Å². The standard InChI is InChI=1S/C33H44O6/c1-21-18-33(38-24(35)15-14-22-12-10-9-11-13-22)26(37)23(20-34)19-29(5)27(2,3)28(29,4)16-17-30(6)32(8,39-30)31(33,7)25(21)36/h9-15,19,21,25,34,36H,16-18,20H2,1-8H3/b15-14+,23-19+/t21-,25-,28+,29-,30+,31+,32-,33-/m0/s1. The highest BCUT2D eigenvalue weighted by atomic mass is 16.6. The SMILES string of the molecule is C[C@H]1C[C@]2(OC(=O)/C=C/c3ccccc3)C(=O)/C(CO)=C/[C@@]3(C)C(C)(C)[C@@]3(C)CC[C@@]3(C)O[C@]3(C)[C@@]2(C)[C@H]1O. The van der Waals surface area contributed by atoms with Crippen LogP contribution in [0.2, 0.25) is 0 Å². The summed E-state index contributed by atoms with van der Waals surface area (Å²) >= 11 is 0. The Balaban J connectivity index is 1.68. The lowest BCUT2D eigenvalue weighted by Crippen LogP contribution is -2.63. The Labute approximate surface area is 232 Å². The van der Waals surface area contributed by atoms with E-state index in [2.05, 4.69) is 34.6 Å². The summed E-state index contributed by atoms with van der Waals surface area (Å²) in [6.45, 7) is 16.0. The van der Waals surface area contributed by atoms with Gasteiger partial charge in [0, 0.05) is 18.1 Å². The molecule has 5 rings (SSSR count). The highest BCUT2D eigenvalue weighted by molar-refractivity contribution is 6.05. The Hall–Kier alpha value is -2.28. The minimum Gasteiger partial charge on any atom is -0.447 e. The number of carbonyl (C=O) groups is 2. The van der Waals surface area contributed by atoms with Gasteiger partial charge in [0.05, 0.1) is 23.7 Å². The molecule has 0 bridgehead atoms. The van der Waals surface area contributed by atoms with E-state index in [-0.39, 0.29) is 34.2 Å². The van der Waals surface area contributed by atoms with E-state index in [1.165, 1.54) is 6.08 Å². The zero-order valence-electron chi connectivity index (χ0n) is 24.6. The second-order valence-electron chi connectivity index (χ2n) is 14.0. The number of esters is 1. The van der Waals surface area contributed by atoms with E-state index in [0.717, 1.165) is 18.4 Å². The van der Waals surface area contributed by atoms with E-state index in [1.807, 2.05) is 57.2 Å². The summed E-state index contributed by atoms with van der Waals surface area (Å²) in [6.07, 6.45) is 5.70. The second kappa shape index (κ2) is 8.37. The van der Waals surface area contributed by atoms with Crippen LogP contribution in [0.25, 0.3) is 6.08 Å². The summed E-state index contributed by atoms with van der Waals surface area (Å²) in [5.41, 5.74) is -4.04. The van der Waals surface area contributed by atoms with Crippen LogP contribution in [0.15, 0.2) is 48.1 Å². The third kappa shape index (κ3) is 3.31. The number of aliphatic hydroxyl groups excluding tert-OH is 2. The molecule has 212 valence electrons. The van der Waals surface area contributed by atoms with Crippen LogP contribution < -0.4 is 0 Å². The van der Waals surface area contributed by atoms with Gasteiger partial charge in [0.15, 0.2) is 5.60 Å². The Morgan fingerprint density at radius 1 is 1.08 bits per heavy atom. The number of Topliss-reactive ketones (excluding diaryl/α,β-unsaturated/α-hetero) is 1. The summed E-state index contributed by atoms with van der Waals surface area (Å²) in [5, 5.41) is 22.4. The molecule has 39 heavy (non-hydrogen) atoms. The molecule has 0 amide bonds. The first-order valence-corrected chi connectivity index (χ1v) is 14.2. The van der Waals surface area contributed by atoms with Crippen molar-refractivity contribution < 1.29 is 29.3 Å². The molecule has 0 unspecified atom stereocenters. The third-order valence-corrected chi connectivity index (χ3v) is 12.6. The van der Waals surface area contributed by atoms with E-state index in [1.54, 1.807) is 6.08 Å². The lowest BCUT2D eigenvalue weighted by Gasteiger charge is -2.47. The topological polar surface area (TPSA) is 96.4 Å². The molecule has 0 spiro atoms. The van der Waals surface area contributed by atoms with E-state index in [9.17, 15) is 19.8 Å². The number of rotatable bonds is 4. The van der Waals surface area contributed by atoms with Crippen LogP contribution in [-0.4, -0.2) is 51.5 Å². The minimum absolute atomic E-state index is 0.115. The molecule has 6 heteroatoms. The fourth-order valence-corrected chi connectivity index (χ4v) is 8.76. The Morgan fingerprint density at radius 2 is 1.72 bits per heavy atom. The normalized spacial score (nSPS) is 47.7. The monoisotopic (exact) mass is 536 g/mol. The van der Waals surface area contributed by atoms with Gasteiger partial charge < -0.3 is 19.7 Å². The molecule has 3 fully saturated rings. The van der Waals surface area contributed by atoms with Crippen molar-refractivity contribution in [1.29, 1.82) is 0 Å². The molecule has 1 heterocycles. The van der Waals surface area contributed by atoms with Crippen molar-refractivity contribution in [2.75, 3.05) is 6.61 Å². The molecular formula is C33H44O6. The number of allylic oxidation sites excluding steroid dienone is 1. The van der Waals surface area contributed by atoms with Crippen molar-refractivity contribution in [2.24, 2.45) is 27.6 Å². The quantitative estimate of drug-likeness (QED) is 0.309. The number of ketones is 1. The number of carbonyl (C=O) groups excluding carboxylic acids is 2. The number of benzene rings is 1. The van der Waals surface area contributed by atoms with Crippen molar-refractivity contribution in [3.63, 3.8) is 0 Å². The Morgan fingerprint density at radius 3 is 2.33 bits per heavy atom. The van der Waals surface area contributed by atoms with Crippen molar-refractivity contribution >= 4 is 17.8 Å². The van der Waals surface area contributed by atoms with Gasteiger partial charge >= 0.3 is 5.97 Å². The average molecular weight is 537 g/mol. The van der Waals surface area contributed by atoms with E-state index in [4.69, 9.17) is 9.47 Å². The lowest BCUT2D eigenvalue weighted by molar-refractivity contribution is -0.186. The van der Waals surface area contributed by atoms with E-state index >= 15 is 0 Å². The van der Waals surface area contributed by atoms with Gasteiger partial charge in [0.1, 0.15) is 5.60 Å². The lowest BCUT2D eigenvalue weighted by atomic mass is 9.59.